The molecule has 1 saturated carbocycles. The van der Waals surface area contributed by atoms with E-state index in [4.69, 9.17) is 0 Å². The summed E-state index contributed by atoms with van der Waals surface area (Å²) in [6, 6.07) is 6.57. The van der Waals surface area contributed by atoms with E-state index in [9.17, 15) is 4.79 Å². The number of halogens is 2. The van der Waals surface area contributed by atoms with Crippen LogP contribution in [0.3, 0.4) is 0 Å². The average molecular weight is 417 g/mol. The molecular weight excluding hydrogens is 390 g/mol. The summed E-state index contributed by atoms with van der Waals surface area (Å²) in [5.41, 5.74) is 1.98. The van der Waals surface area contributed by atoms with Crippen LogP contribution in [-0.4, -0.2) is 43.0 Å². The maximum atomic E-state index is 12.2. The molecule has 24 heavy (non-hydrogen) atoms. The minimum Gasteiger partial charge on any atom is -0.325 e. The van der Waals surface area contributed by atoms with E-state index in [1.165, 1.54) is 19.4 Å². The molecule has 0 aromatic heterocycles. The van der Waals surface area contributed by atoms with Crippen LogP contribution in [0.25, 0.3) is 0 Å². The summed E-state index contributed by atoms with van der Waals surface area (Å²) in [4.78, 5) is 14.5. The van der Waals surface area contributed by atoms with E-state index < -0.39 is 0 Å². The number of benzene rings is 1. The maximum absolute atomic E-state index is 12.2. The number of piperidine rings is 1. The van der Waals surface area contributed by atoms with Gasteiger partial charge in [0.1, 0.15) is 0 Å². The molecule has 2 fully saturated rings. The SMILES string of the molecule is Cc1cc(Br)ccc1NC(=O)CN1CCC(NCC2CC2)CC1.Cl. The second-order valence-electron chi connectivity index (χ2n) is 6.91. The van der Waals surface area contributed by atoms with Gasteiger partial charge in [-0.15, -0.1) is 12.4 Å². The van der Waals surface area contributed by atoms with Crippen molar-refractivity contribution < 1.29 is 4.79 Å². The number of nitrogens with zero attached hydrogens (tertiary/aromatic N) is 1. The van der Waals surface area contributed by atoms with Gasteiger partial charge in [-0.3, -0.25) is 9.69 Å². The predicted molar refractivity (Wildman–Crippen MR) is 105 cm³/mol. The van der Waals surface area contributed by atoms with E-state index in [1.807, 2.05) is 25.1 Å². The molecule has 1 aromatic rings. The second-order valence-corrected chi connectivity index (χ2v) is 7.83. The van der Waals surface area contributed by atoms with Crippen LogP contribution < -0.4 is 10.6 Å². The number of carbonyl (C=O) groups excluding carboxylic acids is 1. The average Bonchev–Trinajstić information content (AvgIpc) is 3.34. The zero-order valence-corrected chi connectivity index (χ0v) is 16.6. The third-order valence-electron chi connectivity index (χ3n) is 4.81. The molecule has 2 aliphatic rings. The molecule has 1 aliphatic heterocycles. The maximum Gasteiger partial charge on any atom is 0.238 e. The number of aryl methyl sites for hydroxylation is 1. The molecule has 0 radical (unpaired) electrons. The Morgan fingerprint density at radius 3 is 2.58 bits per heavy atom. The fraction of sp³-hybridized carbons (Fsp3) is 0.611. The molecule has 0 spiro atoms. The number of anilines is 1. The van der Waals surface area contributed by atoms with Crippen LogP contribution in [-0.2, 0) is 4.79 Å². The summed E-state index contributed by atoms with van der Waals surface area (Å²) >= 11 is 3.45. The highest BCUT2D eigenvalue weighted by Crippen LogP contribution is 2.28. The van der Waals surface area contributed by atoms with E-state index in [1.54, 1.807) is 0 Å². The number of nitrogens with one attached hydrogen (secondary N) is 2. The Morgan fingerprint density at radius 2 is 1.96 bits per heavy atom. The number of rotatable bonds is 6. The van der Waals surface area contributed by atoms with E-state index in [0.717, 1.165) is 47.6 Å². The highest BCUT2D eigenvalue weighted by Gasteiger charge is 2.25. The van der Waals surface area contributed by atoms with Crippen molar-refractivity contribution >= 4 is 39.9 Å². The quantitative estimate of drug-likeness (QED) is 0.745. The van der Waals surface area contributed by atoms with Gasteiger partial charge in [0.05, 0.1) is 6.54 Å². The van der Waals surface area contributed by atoms with Crippen LogP contribution in [0.2, 0.25) is 0 Å². The molecule has 2 N–H and O–H groups in total. The van der Waals surface area contributed by atoms with Crippen LogP contribution in [0.5, 0.6) is 0 Å². The topological polar surface area (TPSA) is 44.4 Å². The summed E-state index contributed by atoms with van der Waals surface area (Å²) in [7, 11) is 0. The van der Waals surface area contributed by atoms with Crippen LogP contribution in [0.15, 0.2) is 22.7 Å². The van der Waals surface area contributed by atoms with Crippen molar-refractivity contribution in [2.24, 2.45) is 5.92 Å². The number of likely N-dealkylation sites (tertiary alicyclic amines) is 1. The monoisotopic (exact) mass is 415 g/mol. The minimum atomic E-state index is 0. The summed E-state index contributed by atoms with van der Waals surface area (Å²) in [6.45, 7) is 5.71. The molecule has 6 heteroatoms. The molecular formula is C18H27BrClN3O. The normalized spacial score (nSPS) is 18.9. The Kier molecular flexibility index (Phi) is 7.54. The Hall–Kier alpha value is -0.620. The number of hydrogen-bond donors (Lipinski definition) is 2. The lowest BCUT2D eigenvalue weighted by Gasteiger charge is -2.32. The van der Waals surface area contributed by atoms with E-state index in [-0.39, 0.29) is 18.3 Å². The van der Waals surface area contributed by atoms with Gasteiger partial charge in [0.15, 0.2) is 0 Å². The van der Waals surface area contributed by atoms with Gasteiger partial charge in [0.2, 0.25) is 5.91 Å². The number of carbonyl (C=O) groups is 1. The van der Waals surface area contributed by atoms with Gasteiger partial charge in [0.25, 0.3) is 0 Å². The lowest BCUT2D eigenvalue weighted by atomic mass is 10.0. The van der Waals surface area contributed by atoms with Gasteiger partial charge in [-0.25, -0.2) is 0 Å². The van der Waals surface area contributed by atoms with Crippen molar-refractivity contribution in [3.63, 3.8) is 0 Å². The highest BCUT2D eigenvalue weighted by molar-refractivity contribution is 9.10. The van der Waals surface area contributed by atoms with Gasteiger partial charge in [-0.05, 0) is 68.8 Å². The standard InChI is InChI=1S/C18H26BrN3O.ClH/c1-13-10-15(19)4-5-17(13)21-18(23)12-22-8-6-16(7-9-22)20-11-14-2-3-14;/h4-5,10,14,16,20H,2-3,6-9,11-12H2,1H3,(H,21,23);1H. The Balaban J connectivity index is 0.00000208. The molecule has 1 amide bonds. The zero-order valence-electron chi connectivity index (χ0n) is 14.2. The van der Waals surface area contributed by atoms with Crippen molar-refractivity contribution in [2.75, 3.05) is 31.5 Å². The van der Waals surface area contributed by atoms with E-state index in [2.05, 4.69) is 31.5 Å². The van der Waals surface area contributed by atoms with Gasteiger partial charge in [-0.2, -0.15) is 0 Å². The third-order valence-corrected chi connectivity index (χ3v) is 5.30. The van der Waals surface area contributed by atoms with Crippen molar-refractivity contribution in [1.82, 2.24) is 10.2 Å². The summed E-state index contributed by atoms with van der Waals surface area (Å²) in [5, 5.41) is 6.71. The predicted octanol–water partition coefficient (Wildman–Crippen LogP) is 3.58. The van der Waals surface area contributed by atoms with Crippen molar-refractivity contribution in [3.8, 4) is 0 Å². The first-order valence-electron chi connectivity index (χ1n) is 8.62. The van der Waals surface area contributed by atoms with Crippen LogP contribution in [0.1, 0.15) is 31.2 Å². The second kappa shape index (κ2) is 9.18. The first-order valence-corrected chi connectivity index (χ1v) is 9.41. The smallest absolute Gasteiger partial charge is 0.238 e. The molecule has 3 rings (SSSR count). The number of hydrogen-bond acceptors (Lipinski definition) is 3. The van der Waals surface area contributed by atoms with Gasteiger partial charge < -0.3 is 10.6 Å². The largest absolute Gasteiger partial charge is 0.325 e. The molecule has 4 nitrogen and oxygen atoms in total. The first kappa shape index (κ1) is 19.7. The molecule has 0 unspecified atom stereocenters. The fourth-order valence-corrected chi connectivity index (χ4v) is 3.59. The van der Waals surface area contributed by atoms with E-state index in [0.29, 0.717) is 12.6 Å². The van der Waals surface area contributed by atoms with Crippen molar-refractivity contribution in [2.45, 2.75) is 38.6 Å². The van der Waals surface area contributed by atoms with E-state index >= 15 is 0 Å². The van der Waals surface area contributed by atoms with Crippen LogP contribution in [0, 0.1) is 12.8 Å². The van der Waals surface area contributed by atoms with Crippen LogP contribution >= 0.6 is 28.3 Å². The highest BCUT2D eigenvalue weighted by atomic mass is 79.9. The molecule has 134 valence electrons. The first-order chi connectivity index (χ1) is 11.1. The number of amides is 1. The Morgan fingerprint density at radius 1 is 1.25 bits per heavy atom. The molecule has 0 atom stereocenters. The van der Waals surface area contributed by atoms with Crippen molar-refractivity contribution in [3.05, 3.63) is 28.2 Å². The van der Waals surface area contributed by atoms with Crippen molar-refractivity contribution in [1.29, 1.82) is 0 Å². The Bertz CT molecular complexity index is 557. The van der Waals surface area contributed by atoms with Crippen LogP contribution in [0.4, 0.5) is 5.69 Å². The third kappa shape index (κ3) is 6.03. The fourth-order valence-electron chi connectivity index (χ4n) is 3.11. The molecule has 0 bridgehead atoms. The zero-order chi connectivity index (χ0) is 16.2. The summed E-state index contributed by atoms with van der Waals surface area (Å²) in [5.74, 6) is 1.02. The summed E-state index contributed by atoms with van der Waals surface area (Å²) in [6.07, 6.45) is 5.11. The lowest BCUT2D eigenvalue weighted by molar-refractivity contribution is -0.117. The Labute approximate surface area is 159 Å². The summed E-state index contributed by atoms with van der Waals surface area (Å²) < 4.78 is 1.04. The molecule has 1 heterocycles. The molecule has 1 saturated heterocycles. The minimum absolute atomic E-state index is 0. The van der Waals surface area contributed by atoms with Gasteiger partial charge in [-0.1, -0.05) is 15.9 Å². The molecule has 1 aliphatic carbocycles. The van der Waals surface area contributed by atoms with Gasteiger partial charge in [0, 0.05) is 29.3 Å². The lowest BCUT2D eigenvalue weighted by Crippen LogP contribution is -2.45. The molecule has 1 aromatic carbocycles. The van der Waals surface area contributed by atoms with Gasteiger partial charge >= 0.3 is 0 Å².